The summed E-state index contributed by atoms with van der Waals surface area (Å²) in [5.41, 5.74) is -12.4. The molecule has 0 radical (unpaired) electrons. The largest absolute Gasteiger partial charge is 0.456 e. The molecule has 6 aliphatic carbocycles. The Morgan fingerprint density at radius 1 is 0.586 bits per heavy atom. The van der Waals surface area contributed by atoms with Gasteiger partial charge in [0.1, 0.15) is 106 Å². The van der Waals surface area contributed by atoms with Crippen molar-refractivity contribution in [3.63, 3.8) is 0 Å². The number of aliphatic hydroxyl groups is 4. The lowest BCUT2D eigenvalue weighted by atomic mass is 9.45. The lowest BCUT2D eigenvalue weighted by Gasteiger charge is -2.68. The number of pyridine rings is 2. The molecule has 24 atom stereocenters. The zero-order chi connectivity index (χ0) is 93.0. The van der Waals surface area contributed by atoms with E-state index in [4.69, 9.17) is 66.3 Å². The number of likely N-dealkylation sites (N-methyl/N-ethyl adjacent to an activating group) is 1. The molecule has 2 aromatic carbocycles. The number of rotatable bonds is 20. The predicted octanol–water partition coefficient (Wildman–Crippen LogP) is 9.44. The molecule has 128 heavy (non-hydrogen) atoms. The number of hydrogen-bond donors (Lipinski definition) is 6. The molecule has 696 valence electrons. The zero-order valence-corrected chi connectivity index (χ0v) is 75.6. The molecule has 6 N–H and O–H groups in total. The van der Waals surface area contributed by atoms with Crippen LogP contribution in [-0.2, 0) is 85.5 Å². The van der Waals surface area contributed by atoms with Crippen molar-refractivity contribution in [2.75, 3.05) is 46.9 Å². The summed E-state index contributed by atoms with van der Waals surface area (Å²) >= 11 is 0. The highest BCUT2D eigenvalue weighted by atomic mass is 19.1. The molecule has 2 aromatic heterocycles. The van der Waals surface area contributed by atoms with Crippen molar-refractivity contribution in [2.45, 2.75) is 287 Å². The topological polar surface area (TPSA) is 403 Å². The highest BCUT2D eigenvalue weighted by Gasteiger charge is 2.80. The third-order valence-electron chi connectivity index (χ3n) is 28.5. The van der Waals surface area contributed by atoms with Crippen molar-refractivity contribution in [1.29, 1.82) is 0 Å². The van der Waals surface area contributed by atoms with Gasteiger partial charge in [0.05, 0.1) is 48.4 Å². The molecule has 5 saturated heterocycles. The van der Waals surface area contributed by atoms with Crippen molar-refractivity contribution in [2.24, 2.45) is 33.5 Å². The Balaban J connectivity index is 0.000000208. The summed E-state index contributed by atoms with van der Waals surface area (Å²) in [6.07, 6.45) is -13.7. The summed E-state index contributed by atoms with van der Waals surface area (Å²) in [5.74, 6) is -9.14. The van der Waals surface area contributed by atoms with Gasteiger partial charge >= 0.3 is 48.0 Å². The molecule has 11 aliphatic rings. The molecular formula is C94H120F2N6O26. The molecule has 5 aliphatic heterocycles. The van der Waals surface area contributed by atoms with E-state index in [1.807, 2.05) is 41.8 Å². The zero-order valence-electron chi connectivity index (χ0n) is 75.6. The van der Waals surface area contributed by atoms with Gasteiger partial charge in [-0.1, -0.05) is 84.5 Å². The summed E-state index contributed by atoms with van der Waals surface area (Å²) in [6.45, 7) is 32.6. The fourth-order valence-corrected chi connectivity index (χ4v) is 22.2. The number of esters is 6. The number of fused-ring (bicyclic) bond motifs is 16. The average molecular weight is 1790 g/mol. The molecule has 0 spiro atoms. The number of nitrogens with one attached hydrogen (secondary N) is 2. The van der Waals surface area contributed by atoms with Crippen LogP contribution < -0.4 is 10.6 Å². The third-order valence-corrected chi connectivity index (χ3v) is 28.5. The van der Waals surface area contributed by atoms with Crippen LogP contribution in [0, 0.1) is 45.1 Å². The second kappa shape index (κ2) is 35.1. The molecule has 7 heterocycles. The third kappa shape index (κ3) is 17.0. The molecule has 2 amide bonds. The number of hydrogen-bond acceptors (Lipinski definition) is 30. The number of ether oxygens (including phenoxy) is 14. The van der Waals surface area contributed by atoms with Crippen LogP contribution in [0.4, 0.5) is 18.4 Å². The molecule has 32 nitrogen and oxygen atoms in total. The van der Waals surface area contributed by atoms with Crippen LogP contribution in [0.25, 0.3) is 0 Å². The Morgan fingerprint density at radius 3 is 1.34 bits per heavy atom. The number of carbonyl (C=O) groups excluding carboxylic acids is 8. The van der Waals surface area contributed by atoms with Crippen molar-refractivity contribution in [1.82, 2.24) is 30.4 Å². The van der Waals surface area contributed by atoms with Gasteiger partial charge in [-0.25, -0.2) is 37.5 Å². The minimum atomic E-state index is -2.25. The summed E-state index contributed by atoms with van der Waals surface area (Å²) < 4.78 is 119. The van der Waals surface area contributed by atoms with Crippen LogP contribution in [0.2, 0.25) is 0 Å². The maximum atomic E-state index is 15.4. The molecule has 4 aromatic rings. The first-order chi connectivity index (χ1) is 60.0. The van der Waals surface area contributed by atoms with Crippen molar-refractivity contribution in [3.05, 3.63) is 166 Å². The number of likely N-dealkylation sites (tertiary alicyclic amines) is 1. The van der Waals surface area contributed by atoms with E-state index in [2.05, 4.69) is 37.0 Å². The summed E-state index contributed by atoms with van der Waals surface area (Å²) in [5, 5.41) is 56.0. The van der Waals surface area contributed by atoms with Crippen molar-refractivity contribution >= 4 is 48.0 Å². The summed E-state index contributed by atoms with van der Waals surface area (Å²) in [6, 6.07) is 18.1. The Hall–Kier alpha value is -9.30. The summed E-state index contributed by atoms with van der Waals surface area (Å²) in [4.78, 5) is 122. The lowest BCUT2D eigenvalue weighted by Crippen LogP contribution is -2.79. The van der Waals surface area contributed by atoms with Crippen LogP contribution in [-0.4, -0.2) is 261 Å². The number of alkyl carbamates (subject to hydrolysis) is 2. The molecule has 9 fully saturated rings. The SMILES string of the molecule is C=C[C@@H]1O[C@@H]2C3=C(C)[C@@H](OC(=O)[C@H](O)[C@@H](NC(=O)OC(C)(C)C)c4ncccc4F)C[C@@](O)([C@@H](OC(=O)c4ccccc4)[C@H]4[C@@](C)(CC[C@H]5OC[C@]54OC(C)=O)[C@@H]2O1)C3(C)C.CC(=O)O[C@@]12CO[C@@H]1CC[C@@]1(C)[C@@H]3O[C@H](CN4CC(N(C)C)C4)O[C@@H]3C3=C(C)[C@@H](OC(=O)[C@H](O)[C@@H](NC(=O)OC(C)(C)C)c4ncccc4F)C[C@@](O)([C@@H](OC(=O)c4ccccc4)[C@@H]12)C3(C)C. The lowest BCUT2D eigenvalue weighted by molar-refractivity contribution is -0.345. The van der Waals surface area contributed by atoms with E-state index in [1.54, 1.807) is 130 Å². The van der Waals surface area contributed by atoms with Gasteiger partial charge in [0.2, 0.25) is 0 Å². The summed E-state index contributed by atoms with van der Waals surface area (Å²) in [7, 11) is 4.07. The number of aromatic nitrogens is 2. The maximum Gasteiger partial charge on any atom is 0.408 e. The number of carbonyl (C=O) groups is 8. The standard InChI is InChI=1S/C49H65FN4O13.C45H55FN2O13/c1-26-31(62-43(58)37(56)36(35-30(50)17-14-20-51-35)52-44(59)67-45(3,4)5)21-49(60)41(65-42(57)28-15-12-11-13-16-28)39-47(8,19-18-32-48(39,25-61-32)66-27(2)55)40-38(34(26)46(49,6)7)63-33(64-40)24-54-22-29(23-54)53(9)10;1-10-29-57-34-30-23(2)27(56-39(52)33(50)32(31-26(46)17-14-20-47-31)48-40(53)61-41(4,5)6)21-45(54,42(30,7)8)37(59-38(51)25-15-12-11-13-16-25)35-43(9,36(34)58-29)19-18-28-44(35,22-55-28)60-24(3)49/h11-17,20,29,31-33,36-41,56,60H,18-19,21-25H2,1-10H3,(H,52,59);10-17,20,27-29,32-37,50,54H,1,18-19,21-22H2,2-9H3,(H,48,53)/t31-,32+,33+,36-,37+,38+,39-,40+,41-,47+,48-,49+;27-,28+,29+,32-,33+,34+,35-,36+,37-,43+,44-,45+/m00/s1. The molecule has 0 unspecified atom stereocenters. The molecule has 15 rings (SSSR count). The van der Waals surface area contributed by atoms with Crippen LogP contribution in [0.1, 0.15) is 193 Å². The number of aliphatic hydroxyl groups excluding tert-OH is 2. The molecule has 4 saturated carbocycles. The fourth-order valence-electron chi connectivity index (χ4n) is 22.2. The predicted molar refractivity (Wildman–Crippen MR) is 449 cm³/mol. The number of benzene rings is 2. The quantitative estimate of drug-likeness (QED) is 0.0272. The van der Waals surface area contributed by atoms with Gasteiger partial charge in [0, 0.05) is 86.4 Å². The van der Waals surface area contributed by atoms with E-state index >= 15 is 8.78 Å². The van der Waals surface area contributed by atoms with Gasteiger partial charge in [0.15, 0.2) is 36.0 Å². The molecule has 4 bridgehead atoms. The van der Waals surface area contributed by atoms with E-state index in [0.717, 1.165) is 25.2 Å². The van der Waals surface area contributed by atoms with Crippen LogP contribution in [0.3, 0.4) is 0 Å². The number of nitrogens with zero attached hydrogens (tertiary/aromatic N) is 4. The molecule has 34 heteroatoms. The van der Waals surface area contributed by atoms with E-state index < -0.39 is 249 Å². The Labute approximate surface area is 742 Å². The highest BCUT2D eigenvalue weighted by molar-refractivity contribution is 5.90. The van der Waals surface area contributed by atoms with Gasteiger partial charge in [0.25, 0.3) is 0 Å². The first-order valence-electron chi connectivity index (χ1n) is 43.6. The highest BCUT2D eigenvalue weighted by Crippen LogP contribution is 2.70. The maximum absolute atomic E-state index is 15.4. The van der Waals surface area contributed by atoms with E-state index in [0.29, 0.717) is 60.6 Å². The van der Waals surface area contributed by atoms with Crippen LogP contribution >= 0.6 is 0 Å². The first-order valence-corrected chi connectivity index (χ1v) is 43.6. The van der Waals surface area contributed by atoms with E-state index in [9.17, 15) is 58.8 Å². The fraction of sp³-hybridized carbons (Fsp3) is 0.617. The van der Waals surface area contributed by atoms with Gasteiger partial charge < -0.3 is 102 Å². The molecular weight excluding hydrogens is 1670 g/mol. The minimum absolute atomic E-state index is 0.0583. The Kier molecular flexibility index (Phi) is 26.0. The first kappa shape index (κ1) is 94.8. The number of halogens is 2. The van der Waals surface area contributed by atoms with E-state index in [1.165, 1.54) is 44.4 Å². The normalized spacial score (nSPS) is 34.5. The smallest absolute Gasteiger partial charge is 0.408 e. The number of amides is 2. The Morgan fingerprint density at radius 2 is 0.984 bits per heavy atom. The second-order valence-corrected chi connectivity index (χ2v) is 39.7. The van der Waals surface area contributed by atoms with Gasteiger partial charge in [-0.2, -0.15) is 0 Å². The van der Waals surface area contributed by atoms with E-state index in [-0.39, 0.29) is 24.3 Å². The average Bonchev–Trinajstić information content (AvgIpc) is 1.14. The monoisotopic (exact) mass is 1790 g/mol. The van der Waals surface area contributed by atoms with Gasteiger partial charge in [-0.3, -0.25) is 24.5 Å². The minimum Gasteiger partial charge on any atom is -0.456 e. The van der Waals surface area contributed by atoms with Gasteiger partial charge in [-0.15, -0.1) is 0 Å². The van der Waals surface area contributed by atoms with Gasteiger partial charge in [-0.05, 0) is 172 Å². The second-order valence-electron chi connectivity index (χ2n) is 39.7. The van der Waals surface area contributed by atoms with Crippen molar-refractivity contribution < 1.29 is 134 Å². The van der Waals surface area contributed by atoms with Crippen LogP contribution in [0.5, 0.6) is 0 Å². The Bertz CT molecular complexity index is 4980. The van der Waals surface area contributed by atoms with Crippen molar-refractivity contribution in [3.8, 4) is 0 Å². The van der Waals surface area contributed by atoms with Crippen LogP contribution in [0.15, 0.2) is 132 Å².